The van der Waals surface area contributed by atoms with Crippen molar-refractivity contribution in [3.63, 3.8) is 0 Å². The molecule has 0 aromatic heterocycles. The second kappa shape index (κ2) is 10.5. The van der Waals surface area contributed by atoms with E-state index in [1.165, 1.54) is 13.8 Å². The van der Waals surface area contributed by atoms with E-state index < -0.39 is 54.1 Å². The van der Waals surface area contributed by atoms with Crippen LogP contribution in [0.5, 0.6) is 0 Å². The number of rotatable bonds is 6. The molecule has 41 heavy (non-hydrogen) atoms. The van der Waals surface area contributed by atoms with Gasteiger partial charge in [0.1, 0.15) is 23.0 Å². The van der Waals surface area contributed by atoms with Gasteiger partial charge in [-0.1, -0.05) is 76.2 Å². The maximum absolute atomic E-state index is 12.5. The first-order chi connectivity index (χ1) is 18.6. The van der Waals surface area contributed by atoms with E-state index in [9.17, 15) is 13.2 Å². The predicted octanol–water partition coefficient (Wildman–Crippen LogP) is 5.44. The fourth-order valence-electron chi connectivity index (χ4n) is 9.98. The zero-order chi connectivity index (χ0) is 31.2. The van der Waals surface area contributed by atoms with Crippen LogP contribution in [0.25, 0.3) is 0 Å². The molecule has 11 atom stereocenters. The highest BCUT2D eigenvalue weighted by Gasteiger charge is 2.81. The molecule has 4 rings (SSSR count). The van der Waals surface area contributed by atoms with Crippen LogP contribution in [-0.4, -0.2) is 68.5 Å². The number of halogens is 1. The predicted molar refractivity (Wildman–Crippen MR) is 181 cm³/mol. The standard InChI is InChI=1S/C28H45B4IN2O4S2/c1-16(2)41(37,38)35-21(36)34-15-18(4)24(29)11-13-26(30)22(24,6)10-12-27(31)23(7)9-8-17(3)14-25(23,40)19(5)20(39-33)28(26,27)32/h16-20,40H,8-15H2,1-7H3,(H2,34,35,36)/t17-,18-,19+,20-,22?,23?,24+,25?,26+,27+,28?/m1/s1. The number of carbonyl (C=O) groups excluding carboxylic acids is 1. The van der Waals surface area contributed by atoms with Crippen LogP contribution >= 0.6 is 35.6 Å². The van der Waals surface area contributed by atoms with Crippen molar-refractivity contribution < 1.29 is 16.3 Å². The third kappa shape index (κ3) is 4.21. The van der Waals surface area contributed by atoms with Crippen molar-refractivity contribution in [3.05, 3.63) is 0 Å². The monoisotopic (exact) mass is 708 g/mol. The molecule has 0 heterocycles. The fourth-order valence-corrected chi connectivity index (χ4v) is 12.1. The van der Waals surface area contributed by atoms with Gasteiger partial charge in [0.2, 0.25) is 10.0 Å². The summed E-state index contributed by atoms with van der Waals surface area (Å²) >= 11 is 7.44. The van der Waals surface area contributed by atoms with E-state index in [1.54, 1.807) is 0 Å². The van der Waals surface area contributed by atoms with Gasteiger partial charge in [0.05, 0.1) is 42.7 Å². The maximum Gasteiger partial charge on any atom is 0.328 e. The van der Waals surface area contributed by atoms with Gasteiger partial charge in [-0.25, -0.2) is 17.9 Å². The van der Waals surface area contributed by atoms with E-state index in [0.717, 1.165) is 19.3 Å². The first-order valence-electron chi connectivity index (χ1n) is 15.0. The molecule has 0 bridgehead atoms. The topological polar surface area (TPSA) is 84.5 Å². The lowest BCUT2D eigenvalue weighted by Gasteiger charge is -2.81. The third-order valence-corrected chi connectivity index (χ3v) is 16.6. The molecule has 4 saturated carbocycles. The van der Waals surface area contributed by atoms with E-state index in [-0.39, 0.29) is 28.5 Å². The lowest BCUT2D eigenvalue weighted by atomic mass is 9.14. The van der Waals surface area contributed by atoms with Gasteiger partial charge in [-0.2, -0.15) is 12.6 Å². The Bertz CT molecular complexity index is 1190. The number of thiol groups is 1. The zero-order valence-corrected chi connectivity index (χ0v) is 29.6. The lowest BCUT2D eigenvalue weighted by molar-refractivity contribution is -0.137. The van der Waals surface area contributed by atoms with Crippen molar-refractivity contribution in [2.45, 2.75) is 131 Å². The molecule has 2 amide bonds. The lowest BCUT2D eigenvalue weighted by Crippen LogP contribution is -2.74. The molecule has 8 radical (unpaired) electrons. The Hall–Kier alpha value is 0.520. The van der Waals surface area contributed by atoms with E-state index in [2.05, 4.69) is 37.7 Å². The molecule has 6 nitrogen and oxygen atoms in total. The molecule has 4 aliphatic rings. The Morgan fingerprint density at radius 1 is 1.00 bits per heavy atom. The molecule has 0 aromatic carbocycles. The molecular weight excluding hydrogens is 663 g/mol. The van der Waals surface area contributed by atoms with Crippen LogP contribution in [0.4, 0.5) is 4.79 Å². The summed E-state index contributed by atoms with van der Waals surface area (Å²) in [6.07, 6.45) is 4.91. The molecule has 4 unspecified atom stereocenters. The molecule has 4 aliphatic carbocycles. The van der Waals surface area contributed by atoms with Gasteiger partial charge < -0.3 is 8.38 Å². The van der Waals surface area contributed by atoms with E-state index >= 15 is 0 Å². The second-order valence-corrected chi connectivity index (χ2v) is 18.4. The summed E-state index contributed by atoms with van der Waals surface area (Å²) in [5, 5.41) is -1.72. The quantitative estimate of drug-likeness (QED) is 0.195. The highest BCUT2D eigenvalue weighted by atomic mass is 127. The maximum atomic E-state index is 12.5. The number of fused-ring (bicyclic) bond motifs is 5. The van der Waals surface area contributed by atoms with Crippen LogP contribution in [0.1, 0.15) is 93.4 Å². The molecule has 4 fully saturated rings. The smallest absolute Gasteiger partial charge is 0.328 e. The fraction of sp³-hybridized carbons (Fsp3) is 0.964. The van der Waals surface area contributed by atoms with Crippen LogP contribution in [0, 0.1) is 28.6 Å². The number of carbonyl (C=O) groups is 1. The molecule has 0 aromatic rings. The van der Waals surface area contributed by atoms with Crippen molar-refractivity contribution in [3.8, 4) is 0 Å². The van der Waals surface area contributed by atoms with Crippen molar-refractivity contribution in [2.75, 3.05) is 6.54 Å². The summed E-state index contributed by atoms with van der Waals surface area (Å²) in [5.74, 6) is 0.282. The van der Waals surface area contributed by atoms with Crippen molar-refractivity contribution >= 4 is 83.1 Å². The highest BCUT2D eigenvalue weighted by Crippen LogP contribution is 2.93. The van der Waals surface area contributed by atoms with E-state index in [1.807, 2.05) is 29.9 Å². The van der Waals surface area contributed by atoms with Gasteiger partial charge in [-0.3, -0.25) is 0 Å². The third-order valence-electron chi connectivity index (χ3n) is 13.2. The van der Waals surface area contributed by atoms with Gasteiger partial charge in [-0.05, 0) is 67.0 Å². The minimum absolute atomic E-state index is 0.0154. The Kier molecular flexibility index (Phi) is 8.83. The summed E-state index contributed by atoms with van der Waals surface area (Å²) in [6, 6.07) is -0.764. The van der Waals surface area contributed by atoms with Gasteiger partial charge in [0.15, 0.2) is 0 Å². The van der Waals surface area contributed by atoms with E-state index in [4.69, 9.17) is 47.1 Å². The number of urea groups is 1. The number of nitrogens with one attached hydrogen (secondary N) is 2. The van der Waals surface area contributed by atoms with Crippen LogP contribution in [0.2, 0.25) is 21.3 Å². The molecule has 0 spiro atoms. The summed E-state index contributed by atoms with van der Waals surface area (Å²) in [7, 11) is 26.7. The van der Waals surface area contributed by atoms with E-state index in [0.29, 0.717) is 31.6 Å². The summed E-state index contributed by atoms with van der Waals surface area (Å²) in [6.45, 7) is 14.1. The number of sulfonamides is 1. The van der Waals surface area contributed by atoms with Gasteiger partial charge in [0, 0.05) is 11.3 Å². The Labute approximate surface area is 273 Å². The first kappa shape index (κ1) is 34.4. The van der Waals surface area contributed by atoms with Crippen molar-refractivity contribution in [2.24, 2.45) is 28.6 Å². The molecule has 0 aliphatic heterocycles. The Morgan fingerprint density at radius 2 is 1.56 bits per heavy atom. The molecule has 222 valence electrons. The molecular formula is C28H45B4IN2O4S2. The second-order valence-electron chi connectivity index (χ2n) is 14.9. The number of hydrogen-bond acceptors (Lipinski definition) is 5. The van der Waals surface area contributed by atoms with Crippen LogP contribution in [0.15, 0.2) is 0 Å². The first-order valence-corrected chi connectivity index (χ1v) is 17.9. The Balaban J connectivity index is 1.72. The molecule has 0 saturated heterocycles. The van der Waals surface area contributed by atoms with Crippen LogP contribution < -0.4 is 10.0 Å². The summed E-state index contributed by atoms with van der Waals surface area (Å²) in [4.78, 5) is 12.5. The summed E-state index contributed by atoms with van der Waals surface area (Å²) in [5.41, 5.74) is -1.02. The molecule has 2 N–H and O–H groups in total. The summed E-state index contributed by atoms with van der Waals surface area (Å²) < 4.78 is 32.4. The van der Waals surface area contributed by atoms with Crippen LogP contribution in [0.3, 0.4) is 0 Å². The van der Waals surface area contributed by atoms with Gasteiger partial charge in [0.25, 0.3) is 0 Å². The largest absolute Gasteiger partial charge is 0.337 e. The highest BCUT2D eigenvalue weighted by molar-refractivity contribution is 14.1. The zero-order valence-electron chi connectivity index (χ0n) is 25.7. The Morgan fingerprint density at radius 3 is 2.12 bits per heavy atom. The average molecular weight is 708 g/mol. The van der Waals surface area contributed by atoms with Gasteiger partial charge in [-0.15, -0.1) is 0 Å². The minimum atomic E-state index is -3.75. The molecule has 13 heteroatoms. The van der Waals surface area contributed by atoms with Crippen molar-refractivity contribution in [1.29, 1.82) is 0 Å². The number of hydrogen-bond donors (Lipinski definition) is 3. The van der Waals surface area contributed by atoms with Crippen LogP contribution in [-0.2, 0) is 13.1 Å². The number of amides is 2. The SMILES string of the molecule is [B]C12[C@H](OI)[C@H](C)C3(S)C[C@H](C)CCC3(C)[C@@]1([B])CCC1(C)[C@@]2([B])CC[C@]1([B])[C@H](C)CNC(=O)NS(=O)(=O)C(C)C. The average Bonchev–Trinajstić information content (AvgIpc) is 3.10. The normalized spacial score (nSPS) is 50.3. The van der Waals surface area contributed by atoms with Gasteiger partial charge >= 0.3 is 6.03 Å². The minimum Gasteiger partial charge on any atom is -0.337 e. The van der Waals surface area contributed by atoms with Crippen molar-refractivity contribution in [1.82, 2.24) is 10.0 Å².